The van der Waals surface area contributed by atoms with Gasteiger partial charge in [-0.1, -0.05) is 12.1 Å². The molecule has 3 rings (SSSR count). The predicted octanol–water partition coefficient (Wildman–Crippen LogP) is 3.29. The van der Waals surface area contributed by atoms with E-state index in [9.17, 15) is 9.59 Å². The molecule has 0 bridgehead atoms. The molecule has 0 saturated carbocycles. The minimum Gasteiger partial charge on any atom is -0.493 e. The summed E-state index contributed by atoms with van der Waals surface area (Å²) in [5.74, 6) is 0.329. The first-order chi connectivity index (χ1) is 15.5. The minimum atomic E-state index is -0.190. The molecule has 0 radical (unpaired) electrons. The van der Waals surface area contributed by atoms with Crippen molar-refractivity contribution >= 4 is 23.2 Å². The average Bonchev–Trinajstić information content (AvgIpc) is 2.79. The van der Waals surface area contributed by atoms with Crippen molar-refractivity contribution in [2.24, 2.45) is 0 Å². The van der Waals surface area contributed by atoms with Crippen LogP contribution in [-0.2, 0) is 4.79 Å². The second-order valence-electron chi connectivity index (χ2n) is 8.13. The number of likely N-dealkylation sites (N-methyl/N-ethyl adjacent to an activating group) is 1. The molecular formula is C25H34N4O3. The van der Waals surface area contributed by atoms with Gasteiger partial charge < -0.3 is 25.2 Å². The van der Waals surface area contributed by atoms with E-state index in [0.717, 1.165) is 37.4 Å². The van der Waals surface area contributed by atoms with Gasteiger partial charge in [0.2, 0.25) is 5.91 Å². The number of para-hydroxylation sites is 1. The van der Waals surface area contributed by atoms with Crippen molar-refractivity contribution < 1.29 is 14.3 Å². The third-order valence-corrected chi connectivity index (χ3v) is 5.65. The lowest BCUT2D eigenvalue weighted by atomic mass is 10.1. The van der Waals surface area contributed by atoms with E-state index in [1.807, 2.05) is 32.0 Å². The maximum atomic E-state index is 12.4. The lowest BCUT2D eigenvalue weighted by Gasteiger charge is -2.34. The molecule has 2 N–H and O–H groups in total. The van der Waals surface area contributed by atoms with Crippen LogP contribution in [0.3, 0.4) is 0 Å². The zero-order valence-corrected chi connectivity index (χ0v) is 19.3. The van der Waals surface area contributed by atoms with E-state index in [0.29, 0.717) is 37.3 Å². The molecule has 0 aliphatic carbocycles. The standard InChI is InChI=1S/C25H34N4O3/c1-4-32-23-9-6-5-8-21(23)25(31)26-13-7-10-24(30)27-22-12-11-20(18-19(22)2)29-16-14-28(3)15-17-29/h5-6,8-9,11-12,18H,4,7,10,13-17H2,1-3H3,(H,26,31)(H,27,30). The first-order valence-electron chi connectivity index (χ1n) is 11.3. The molecule has 1 aliphatic heterocycles. The van der Waals surface area contributed by atoms with Gasteiger partial charge >= 0.3 is 0 Å². The van der Waals surface area contributed by atoms with E-state index in [1.165, 1.54) is 5.69 Å². The predicted molar refractivity (Wildman–Crippen MR) is 129 cm³/mol. The minimum absolute atomic E-state index is 0.0515. The Morgan fingerprint density at radius 2 is 1.81 bits per heavy atom. The van der Waals surface area contributed by atoms with Crippen molar-refractivity contribution in [3.05, 3.63) is 53.6 Å². The van der Waals surface area contributed by atoms with E-state index in [-0.39, 0.29) is 11.8 Å². The summed E-state index contributed by atoms with van der Waals surface area (Å²) in [6, 6.07) is 13.4. The highest BCUT2D eigenvalue weighted by molar-refractivity contribution is 5.97. The van der Waals surface area contributed by atoms with Crippen LogP contribution in [0.25, 0.3) is 0 Å². The van der Waals surface area contributed by atoms with Gasteiger partial charge in [-0.15, -0.1) is 0 Å². The molecule has 32 heavy (non-hydrogen) atoms. The Bertz CT molecular complexity index is 923. The second-order valence-corrected chi connectivity index (χ2v) is 8.13. The van der Waals surface area contributed by atoms with Gasteiger partial charge in [0.1, 0.15) is 5.75 Å². The third kappa shape index (κ3) is 6.47. The van der Waals surface area contributed by atoms with E-state index < -0.39 is 0 Å². The lowest BCUT2D eigenvalue weighted by molar-refractivity contribution is -0.116. The third-order valence-electron chi connectivity index (χ3n) is 5.65. The number of carbonyl (C=O) groups excluding carboxylic acids is 2. The summed E-state index contributed by atoms with van der Waals surface area (Å²) < 4.78 is 5.50. The number of nitrogens with zero attached hydrogens (tertiary/aromatic N) is 2. The molecule has 1 heterocycles. The Kier molecular flexibility index (Phi) is 8.50. The van der Waals surface area contributed by atoms with Crippen molar-refractivity contribution in [1.82, 2.24) is 10.2 Å². The number of piperazine rings is 1. The number of hydrogen-bond donors (Lipinski definition) is 2. The molecule has 172 valence electrons. The molecule has 0 unspecified atom stereocenters. The highest BCUT2D eigenvalue weighted by Crippen LogP contribution is 2.24. The summed E-state index contributed by atoms with van der Waals surface area (Å²) in [7, 11) is 2.15. The van der Waals surface area contributed by atoms with Gasteiger partial charge in [0.25, 0.3) is 5.91 Å². The van der Waals surface area contributed by atoms with Crippen LogP contribution in [0.1, 0.15) is 35.7 Å². The Balaban J connectivity index is 1.43. The van der Waals surface area contributed by atoms with Crippen LogP contribution in [-0.4, -0.2) is 63.1 Å². The zero-order chi connectivity index (χ0) is 22.9. The maximum Gasteiger partial charge on any atom is 0.255 e. The summed E-state index contributed by atoms with van der Waals surface area (Å²) in [5, 5.41) is 5.86. The monoisotopic (exact) mass is 438 g/mol. The number of carbonyl (C=O) groups is 2. The Hall–Kier alpha value is -3.06. The summed E-state index contributed by atoms with van der Waals surface area (Å²) >= 11 is 0. The van der Waals surface area contributed by atoms with Crippen molar-refractivity contribution in [2.45, 2.75) is 26.7 Å². The van der Waals surface area contributed by atoms with Crippen LogP contribution in [0.5, 0.6) is 5.75 Å². The summed E-state index contributed by atoms with van der Waals surface area (Å²) in [4.78, 5) is 29.5. The Morgan fingerprint density at radius 1 is 1.06 bits per heavy atom. The van der Waals surface area contributed by atoms with E-state index in [1.54, 1.807) is 12.1 Å². The van der Waals surface area contributed by atoms with E-state index in [4.69, 9.17) is 4.74 Å². The quantitative estimate of drug-likeness (QED) is 0.588. The van der Waals surface area contributed by atoms with E-state index in [2.05, 4.69) is 39.6 Å². The van der Waals surface area contributed by atoms with Crippen molar-refractivity contribution in [3.8, 4) is 5.75 Å². The molecule has 2 amide bonds. The smallest absolute Gasteiger partial charge is 0.255 e. The molecule has 7 nitrogen and oxygen atoms in total. The number of hydrogen-bond acceptors (Lipinski definition) is 5. The highest BCUT2D eigenvalue weighted by atomic mass is 16.5. The summed E-state index contributed by atoms with van der Waals surface area (Å²) in [6.45, 7) is 8.98. The highest BCUT2D eigenvalue weighted by Gasteiger charge is 2.15. The number of ether oxygens (including phenoxy) is 1. The first-order valence-corrected chi connectivity index (χ1v) is 11.3. The van der Waals surface area contributed by atoms with Crippen LogP contribution < -0.4 is 20.3 Å². The van der Waals surface area contributed by atoms with Crippen LogP contribution in [0.4, 0.5) is 11.4 Å². The molecule has 0 aromatic heterocycles. The molecule has 1 saturated heterocycles. The van der Waals surface area contributed by atoms with Crippen LogP contribution in [0.2, 0.25) is 0 Å². The largest absolute Gasteiger partial charge is 0.493 e. The van der Waals surface area contributed by atoms with Gasteiger partial charge in [-0.25, -0.2) is 0 Å². The molecular weight excluding hydrogens is 404 g/mol. The number of aryl methyl sites for hydroxylation is 1. The van der Waals surface area contributed by atoms with Gasteiger partial charge in [-0.05, 0) is 63.2 Å². The number of nitrogens with one attached hydrogen (secondary N) is 2. The molecule has 2 aromatic carbocycles. The molecule has 0 spiro atoms. The average molecular weight is 439 g/mol. The molecule has 1 aliphatic rings. The lowest BCUT2D eigenvalue weighted by Crippen LogP contribution is -2.44. The second kappa shape index (κ2) is 11.5. The van der Waals surface area contributed by atoms with Gasteiger partial charge in [-0.3, -0.25) is 9.59 Å². The Morgan fingerprint density at radius 3 is 2.53 bits per heavy atom. The van der Waals surface area contributed by atoms with E-state index >= 15 is 0 Å². The molecule has 0 atom stereocenters. The van der Waals surface area contributed by atoms with Gasteiger partial charge in [0.05, 0.1) is 12.2 Å². The topological polar surface area (TPSA) is 73.9 Å². The van der Waals surface area contributed by atoms with Crippen molar-refractivity contribution in [2.75, 3.05) is 56.6 Å². The fourth-order valence-corrected chi connectivity index (χ4v) is 3.74. The summed E-state index contributed by atoms with van der Waals surface area (Å²) in [6.07, 6.45) is 0.903. The maximum absolute atomic E-state index is 12.4. The fourth-order valence-electron chi connectivity index (χ4n) is 3.74. The summed E-state index contributed by atoms with van der Waals surface area (Å²) in [5.41, 5.74) is 3.59. The van der Waals surface area contributed by atoms with Crippen LogP contribution in [0, 0.1) is 6.92 Å². The van der Waals surface area contributed by atoms with Crippen molar-refractivity contribution in [1.29, 1.82) is 0 Å². The number of rotatable bonds is 9. The Labute approximate surface area is 190 Å². The number of anilines is 2. The normalized spacial score (nSPS) is 14.2. The molecule has 7 heteroatoms. The van der Waals surface area contributed by atoms with Crippen LogP contribution >= 0.6 is 0 Å². The SMILES string of the molecule is CCOc1ccccc1C(=O)NCCCC(=O)Nc1ccc(N2CCN(C)CC2)cc1C. The van der Waals surface area contributed by atoms with Gasteiger partial charge in [0, 0.05) is 50.5 Å². The van der Waals surface area contributed by atoms with Gasteiger partial charge in [-0.2, -0.15) is 0 Å². The van der Waals surface area contributed by atoms with Crippen molar-refractivity contribution in [3.63, 3.8) is 0 Å². The van der Waals surface area contributed by atoms with Crippen LogP contribution in [0.15, 0.2) is 42.5 Å². The molecule has 1 fully saturated rings. The number of benzene rings is 2. The molecule has 2 aromatic rings. The zero-order valence-electron chi connectivity index (χ0n) is 19.3. The fraction of sp³-hybridized carbons (Fsp3) is 0.440. The first kappa shape index (κ1) is 23.6. The number of amides is 2. The van der Waals surface area contributed by atoms with Gasteiger partial charge in [0.15, 0.2) is 0 Å².